The molecule has 0 aliphatic rings. The molecule has 0 heterocycles. The highest BCUT2D eigenvalue weighted by Gasteiger charge is 2.31. The SMILES string of the molecule is CC(C)(O[SiH3])C(F)c1cc(F)c(F)c(F)c1. The third-order valence-electron chi connectivity index (χ3n) is 2.44. The van der Waals surface area contributed by atoms with E-state index in [1.54, 1.807) is 0 Å². The molecule has 90 valence electrons. The summed E-state index contributed by atoms with van der Waals surface area (Å²) >= 11 is 0. The molecule has 0 aromatic heterocycles. The molecule has 16 heavy (non-hydrogen) atoms. The van der Waals surface area contributed by atoms with Crippen molar-refractivity contribution in [3.8, 4) is 0 Å². The van der Waals surface area contributed by atoms with Crippen LogP contribution in [0.5, 0.6) is 0 Å². The topological polar surface area (TPSA) is 9.23 Å². The van der Waals surface area contributed by atoms with Gasteiger partial charge in [-0.3, -0.25) is 0 Å². The van der Waals surface area contributed by atoms with Gasteiger partial charge in [0.25, 0.3) is 0 Å². The minimum absolute atomic E-state index is 0.266. The molecule has 1 rings (SSSR count). The van der Waals surface area contributed by atoms with E-state index < -0.39 is 29.2 Å². The Morgan fingerprint density at radius 2 is 1.62 bits per heavy atom. The predicted octanol–water partition coefficient (Wildman–Crippen LogP) is 2.19. The van der Waals surface area contributed by atoms with Gasteiger partial charge in [0, 0.05) is 0 Å². The fourth-order valence-corrected chi connectivity index (χ4v) is 1.43. The molecule has 0 spiro atoms. The summed E-state index contributed by atoms with van der Waals surface area (Å²) in [4.78, 5) is 0. The number of rotatable bonds is 3. The lowest BCUT2D eigenvalue weighted by molar-refractivity contribution is 0.0267. The predicted molar refractivity (Wildman–Crippen MR) is 55.3 cm³/mol. The van der Waals surface area contributed by atoms with Crippen LogP contribution in [-0.4, -0.2) is 16.1 Å². The molecule has 6 heteroatoms. The van der Waals surface area contributed by atoms with Gasteiger partial charge in [0.1, 0.15) is 10.5 Å². The first-order valence-electron chi connectivity index (χ1n) is 4.63. The zero-order chi connectivity index (χ0) is 12.5. The second kappa shape index (κ2) is 4.55. The summed E-state index contributed by atoms with van der Waals surface area (Å²) in [7, 11) is 0.289. The maximum atomic E-state index is 13.8. The summed E-state index contributed by atoms with van der Waals surface area (Å²) in [5.74, 6) is -4.40. The normalized spacial score (nSPS) is 14.1. The Bertz CT molecular complexity index is 371. The van der Waals surface area contributed by atoms with Crippen molar-refractivity contribution >= 4 is 10.5 Å². The Labute approximate surface area is 94.0 Å². The van der Waals surface area contributed by atoms with Gasteiger partial charge in [-0.1, -0.05) is 0 Å². The van der Waals surface area contributed by atoms with Crippen LogP contribution in [0.1, 0.15) is 25.6 Å². The number of alkyl halides is 1. The molecule has 0 aliphatic carbocycles. The van der Waals surface area contributed by atoms with Crippen LogP contribution in [0.2, 0.25) is 0 Å². The molecular formula is C10H12F4OSi. The first-order chi connectivity index (χ1) is 7.29. The molecule has 1 aromatic rings. The largest absolute Gasteiger partial charge is 0.420 e. The second-order valence-corrected chi connectivity index (χ2v) is 4.38. The Kier molecular flexibility index (Phi) is 3.74. The van der Waals surface area contributed by atoms with E-state index in [9.17, 15) is 17.6 Å². The van der Waals surface area contributed by atoms with Crippen molar-refractivity contribution in [2.45, 2.75) is 25.6 Å². The van der Waals surface area contributed by atoms with Gasteiger partial charge >= 0.3 is 0 Å². The summed E-state index contributed by atoms with van der Waals surface area (Å²) in [6.45, 7) is 2.92. The zero-order valence-electron chi connectivity index (χ0n) is 9.15. The van der Waals surface area contributed by atoms with Crippen molar-refractivity contribution < 1.29 is 22.0 Å². The first kappa shape index (κ1) is 13.2. The van der Waals surface area contributed by atoms with Gasteiger partial charge in [-0.2, -0.15) is 0 Å². The van der Waals surface area contributed by atoms with Crippen molar-refractivity contribution in [2.24, 2.45) is 0 Å². The van der Waals surface area contributed by atoms with E-state index in [2.05, 4.69) is 0 Å². The smallest absolute Gasteiger partial charge is 0.194 e. The van der Waals surface area contributed by atoms with E-state index in [1.807, 2.05) is 0 Å². The molecule has 1 unspecified atom stereocenters. The Balaban J connectivity index is 3.15. The first-order valence-corrected chi connectivity index (χ1v) is 5.45. The van der Waals surface area contributed by atoms with Gasteiger partial charge in [0.05, 0.1) is 5.60 Å². The highest BCUT2D eigenvalue weighted by Crippen LogP contribution is 2.33. The van der Waals surface area contributed by atoms with Gasteiger partial charge < -0.3 is 4.43 Å². The molecule has 0 N–H and O–H groups in total. The molecule has 0 amide bonds. The minimum atomic E-state index is -1.71. The quantitative estimate of drug-likeness (QED) is 0.455. The van der Waals surface area contributed by atoms with Gasteiger partial charge in [-0.15, -0.1) is 0 Å². The van der Waals surface area contributed by atoms with Crippen LogP contribution in [0.4, 0.5) is 17.6 Å². The average molecular weight is 252 g/mol. The van der Waals surface area contributed by atoms with Crippen LogP contribution in [-0.2, 0) is 4.43 Å². The monoisotopic (exact) mass is 252 g/mol. The highest BCUT2D eigenvalue weighted by atomic mass is 28.2. The number of hydrogen-bond acceptors (Lipinski definition) is 1. The Hall–Kier alpha value is -0.883. The lowest BCUT2D eigenvalue weighted by atomic mass is 9.96. The van der Waals surface area contributed by atoms with Crippen molar-refractivity contribution in [2.75, 3.05) is 0 Å². The minimum Gasteiger partial charge on any atom is -0.420 e. The van der Waals surface area contributed by atoms with Crippen molar-refractivity contribution in [1.29, 1.82) is 0 Å². The summed E-state index contributed by atoms with van der Waals surface area (Å²) < 4.78 is 57.2. The van der Waals surface area contributed by atoms with Crippen molar-refractivity contribution in [3.05, 3.63) is 35.1 Å². The van der Waals surface area contributed by atoms with Crippen LogP contribution in [0.3, 0.4) is 0 Å². The van der Waals surface area contributed by atoms with Crippen LogP contribution < -0.4 is 0 Å². The molecule has 0 fully saturated rings. The van der Waals surface area contributed by atoms with Gasteiger partial charge in [-0.05, 0) is 31.5 Å². The van der Waals surface area contributed by atoms with Crippen LogP contribution >= 0.6 is 0 Å². The summed E-state index contributed by atoms with van der Waals surface area (Å²) in [5.41, 5.74) is -1.44. The molecule has 0 saturated heterocycles. The maximum Gasteiger partial charge on any atom is 0.194 e. The van der Waals surface area contributed by atoms with Gasteiger partial charge in [0.2, 0.25) is 0 Å². The fraction of sp³-hybridized carbons (Fsp3) is 0.400. The third kappa shape index (κ3) is 2.44. The van der Waals surface area contributed by atoms with Crippen molar-refractivity contribution in [1.82, 2.24) is 0 Å². The summed E-state index contributed by atoms with van der Waals surface area (Å²) in [6, 6.07) is 1.29. The Morgan fingerprint density at radius 1 is 1.19 bits per heavy atom. The highest BCUT2D eigenvalue weighted by molar-refractivity contribution is 5.98. The van der Waals surface area contributed by atoms with E-state index in [0.717, 1.165) is 0 Å². The second-order valence-electron chi connectivity index (χ2n) is 3.97. The molecule has 1 atom stereocenters. The Morgan fingerprint density at radius 3 is 2.00 bits per heavy atom. The standard InChI is InChI=1S/C10H12F4OSi/c1-10(2,15-16)9(14)5-3-6(11)8(13)7(12)4-5/h3-4,9H,1-2,16H3. The summed E-state index contributed by atoms with van der Waals surface area (Å²) in [6.07, 6.45) is -1.71. The van der Waals surface area contributed by atoms with Crippen molar-refractivity contribution in [3.63, 3.8) is 0 Å². The van der Waals surface area contributed by atoms with E-state index in [-0.39, 0.29) is 16.0 Å². The van der Waals surface area contributed by atoms with Crippen LogP contribution in [0.25, 0.3) is 0 Å². The number of benzene rings is 1. The van der Waals surface area contributed by atoms with E-state index in [4.69, 9.17) is 4.43 Å². The lowest BCUT2D eigenvalue weighted by Gasteiger charge is -2.28. The van der Waals surface area contributed by atoms with Crippen LogP contribution in [0.15, 0.2) is 12.1 Å². The molecule has 0 aliphatic heterocycles. The van der Waals surface area contributed by atoms with Crippen LogP contribution in [0, 0.1) is 17.5 Å². The molecule has 1 nitrogen and oxygen atoms in total. The molecular weight excluding hydrogens is 240 g/mol. The molecule has 0 saturated carbocycles. The molecule has 1 aromatic carbocycles. The maximum absolute atomic E-state index is 13.8. The number of hydrogen-bond donors (Lipinski definition) is 0. The lowest BCUT2D eigenvalue weighted by Crippen LogP contribution is -2.29. The van der Waals surface area contributed by atoms with E-state index in [1.165, 1.54) is 13.8 Å². The molecule has 0 bridgehead atoms. The van der Waals surface area contributed by atoms with E-state index >= 15 is 0 Å². The fourth-order valence-electron chi connectivity index (χ4n) is 1.23. The number of halogens is 4. The third-order valence-corrected chi connectivity index (χ3v) is 3.49. The average Bonchev–Trinajstić information content (AvgIpc) is 2.24. The van der Waals surface area contributed by atoms with E-state index in [0.29, 0.717) is 12.1 Å². The van der Waals surface area contributed by atoms with Gasteiger partial charge in [0.15, 0.2) is 23.6 Å². The summed E-state index contributed by atoms with van der Waals surface area (Å²) in [5, 5.41) is 0. The molecule has 0 radical (unpaired) electrons. The zero-order valence-corrected chi connectivity index (χ0v) is 11.2. The van der Waals surface area contributed by atoms with Gasteiger partial charge in [-0.25, -0.2) is 17.6 Å².